The number of rotatable bonds is 5. The average molecular weight is 243 g/mol. The number of hydrogen-bond acceptors (Lipinski definition) is 6. The Morgan fingerprint density at radius 3 is 3.06 bits per heavy atom. The highest BCUT2D eigenvalue weighted by atomic mass is 32.2. The average Bonchev–Trinajstić information content (AvgIpc) is 2.87. The normalized spacial score (nSPS) is 25.1. The first-order valence-corrected chi connectivity index (χ1v) is 6.70. The van der Waals surface area contributed by atoms with Crippen LogP contribution in [-0.2, 0) is 10.5 Å². The smallest absolute Gasteiger partial charge is 0.233 e. The summed E-state index contributed by atoms with van der Waals surface area (Å²) in [5.41, 5.74) is 5.88. The second-order valence-corrected chi connectivity index (χ2v) is 5.01. The molecule has 2 N–H and O–H groups in total. The van der Waals surface area contributed by atoms with E-state index in [4.69, 9.17) is 15.0 Å². The third-order valence-electron chi connectivity index (χ3n) is 2.51. The Morgan fingerprint density at radius 2 is 2.38 bits per heavy atom. The number of thioether (sulfide) groups is 1. The molecule has 1 fully saturated rings. The third-order valence-corrected chi connectivity index (χ3v) is 3.66. The van der Waals surface area contributed by atoms with Crippen LogP contribution in [0, 0.1) is 0 Å². The summed E-state index contributed by atoms with van der Waals surface area (Å²) in [5, 5.41) is 3.95. The molecule has 0 spiro atoms. The molecule has 1 aliphatic heterocycles. The standard InChI is InChI=1S/C10H17N3O2S/c1-2-3-16-6-9-12-10(15-13-9)7-4-14-5-8(7)11/h7-8H,2-6,11H2,1H3. The van der Waals surface area contributed by atoms with Crippen molar-refractivity contribution in [2.45, 2.75) is 31.1 Å². The Balaban J connectivity index is 1.91. The number of nitrogens with two attached hydrogens (primary N) is 1. The van der Waals surface area contributed by atoms with E-state index in [-0.39, 0.29) is 12.0 Å². The van der Waals surface area contributed by atoms with Gasteiger partial charge in [-0.15, -0.1) is 0 Å². The van der Waals surface area contributed by atoms with Gasteiger partial charge in [-0.2, -0.15) is 16.7 Å². The van der Waals surface area contributed by atoms with E-state index in [1.54, 1.807) is 0 Å². The van der Waals surface area contributed by atoms with Crippen LogP contribution in [0.4, 0.5) is 0 Å². The monoisotopic (exact) mass is 243 g/mol. The fourth-order valence-electron chi connectivity index (χ4n) is 1.61. The van der Waals surface area contributed by atoms with Gasteiger partial charge >= 0.3 is 0 Å². The van der Waals surface area contributed by atoms with Gasteiger partial charge in [-0.05, 0) is 12.2 Å². The Bertz CT molecular complexity index is 332. The molecule has 2 heterocycles. The first-order valence-electron chi connectivity index (χ1n) is 5.54. The molecular weight excluding hydrogens is 226 g/mol. The molecule has 2 unspecified atom stereocenters. The van der Waals surface area contributed by atoms with Crippen LogP contribution in [0.15, 0.2) is 4.52 Å². The van der Waals surface area contributed by atoms with Crippen molar-refractivity contribution in [1.29, 1.82) is 0 Å². The number of hydrogen-bond donors (Lipinski definition) is 1. The van der Waals surface area contributed by atoms with Crippen molar-refractivity contribution >= 4 is 11.8 Å². The highest BCUT2D eigenvalue weighted by Gasteiger charge is 2.31. The second-order valence-electron chi connectivity index (χ2n) is 3.91. The van der Waals surface area contributed by atoms with Crippen molar-refractivity contribution in [3.63, 3.8) is 0 Å². The summed E-state index contributed by atoms with van der Waals surface area (Å²) < 4.78 is 10.5. The third kappa shape index (κ3) is 2.75. The maximum atomic E-state index is 5.88. The van der Waals surface area contributed by atoms with E-state index < -0.39 is 0 Å². The van der Waals surface area contributed by atoms with Gasteiger partial charge in [-0.25, -0.2) is 0 Å². The molecule has 1 aromatic rings. The predicted octanol–water partition coefficient (Wildman–Crippen LogP) is 1.15. The molecule has 5 nitrogen and oxygen atoms in total. The summed E-state index contributed by atoms with van der Waals surface area (Å²) in [6, 6.07) is -0.0170. The minimum absolute atomic E-state index is 0.0170. The Hall–Kier alpha value is -0.590. The van der Waals surface area contributed by atoms with Crippen LogP contribution in [0.25, 0.3) is 0 Å². The summed E-state index contributed by atoms with van der Waals surface area (Å²) >= 11 is 1.82. The second kappa shape index (κ2) is 5.65. The summed E-state index contributed by atoms with van der Waals surface area (Å²) in [5.74, 6) is 3.37. The molecule has 16 heavy (non-hydrogen) atoms. The highest BCUT2D eigenvalue weighted by molar-refractivity contribution is 7.98. The van der Waals surface area contributed by atoms with E-state index in [1.165, 1.54) is 0 Å². The quantitative estimate of drug-likeness (QED) is 0.782. The van der Waals surface area contributed by atoms with Crippen LogP contribution in [0.3, 0.4) is 0 Å². The summed E-state index contributed by atoms with van der Waals surface area (Å²) in [7, 11) is 0. The van der Waals surface area contributed by atoms with E-state index in [0.29, 0.717) is 19.1 Å². The van der Waals surface area contributed by atoms with E-state index in [9.17, 15) is 0 Å². The largest absolute Gasteiger partial charge is 0.379 e. The van der Waals surface area contributed by atoms with Crippen LogP contribution in [0.2, 0.25) is 0 Å². The molecule has 0 aromatic carbocycles. The first kappa shape index (κ1) is 11.9. The number of ether oxygens (including phenoxy) is 1. The van der Waals surface area contributed by atoms with Crippen molar-refractivity contribution in [2.75, 3.05) is 19.0 Å². The van der Waals surface area contributed by atoms with Crippen molar-refractivity contribution in [1.82, 2.24) is 10.1 Å². The van der Waals surface area contributed by atoms with E-state index in [2.05, 4.69) is 17.1 Å². The highest BCUT2D eigenvalue weighted by Crippen LogP contribution is 2.23. The lowest BCUT2D eigenvalue weighted by Crippen LogP contribution is -2.27. The zero-order chi connectivity index (χ0) is 11.4. The molecule has 0 radical (unpaired) electrons. The molecule has 0 amide bonds. The van der Waals surface area contributed by atoms with Crippen LogP contribution < -0.4 is 5.73 Å². The van der Waals surface area contributed by atoms with Crippen LogP contribution >= 0.6 is 11.8 Å². The van der Waals surface area contributed by atoms with Crippen LogP contribution in [0.5, 0.6) is 0 Å². The van der Waals surface area contributed by atoms with E-state index in [1.807, 2.05) is 11.8 Å². The number of nitrogens with zero attached hydrogens (tertiary/aromatic N) is 2. The van der Waals surface area contributed by atoms with Gasteiger partial charge in [0.15, 0.2) is 5.82 Å². The predicted molar refractivity (Wildman–Crippen MR) is 62.3 cm³/mol. The molecule has 1 aromatic heterocycles. The van der Waals surface area contributed by atoms with Crippen molar-refractivity contribution in [3.8, 4) is 0 Å². The lowest BCUT2D eigenvalue weighted by atomic mass is 10.1. The molecule has 1 saturated heterocycles. The summed E-state index contributed by atoms with van der Waals surface area (Å²) in [4.78, 5) is 4.36. The van der Waals surface area contributed by atoms with Gasteiger partial charge in [0.2, 0.25) is 5.89 Å². The lowest BCUT2D eigenvalue weighted by Gasteiger charge is -2.06. The van der Waals surface area contributed by atoms with Crippen LogP contribution in [-0.4, -0.2) is 35.1 Å². The minimum atomic E-state index is -0.0170. The van der Waals surface area contributed by atoms with Gasteiger partial charge in [0.05, 0.1) is 24.9 Å². The molecular formula is C10H17N3O2S. The van der Waals surface area contributed by atoms with Gasteiger partial charge in [0, 0.05) is 6.04 Å². The SMILES string of the molecule is CCCSCc1noc(C2COCC2N)n1. The van der Waals surface area contributed by atoms with Gasteiger partial charge in [-0.3, -0.25) is 0 Å². The Morgan fingerprint density at radius 1 is 1.50 bits per heavy atom. The fourth-order valence-corrected chi connectivity index (χ4v) is 2.34. The molecule has 0 bridgehead atoms. The topological polar surface area (TPSA) is 74.2 Å². The zero-order valence-corrected chi connectivity index (χ0v) is 10.2. The van der Waals surface area contributed by atoms with E-state index in [0.717, 1.165) is 23.8 Å². The Labute approximate surface area is 99.1 Å². The van der Waals surface area contributed by atoms with Crippen LogP contribution in [0.1, 0.15) is 31.0 Å². The molecule has 0 saturated carbocycles. The van der Waals surface area contributed by atoms with Crippen molar-refractivity contribution < 1.29 is 9.26 Å². The maximum absolute atomic E-state index is 5.88. The van der Waals surface area contributed by atoms with Gasteiger partial charge in [-0.1, -0.05) is 12.1 Å². The van der Waals surface area contributed by atoms with Crippen molar-refractivity contribution in [3.05, 3.63) is 11.7 Å². The molecule has 90 valence electrons. The van der Waals surface area contributed by atoms with E-state index >= 15 is 0 Å². The van der Waals surface area contributed by atoms with Crippen molar-refractivity contribution in [2.24, 2.45) is 5.73 Å². The fraction of sp³-hybridized carbons (Fsp3) is 0.800. The zero-order valence-electron chi connectivity index (χ0n) is 9.39. The molecule has 2 atom stereocenters. The molecule has 2 rings (SSSR count). The maximum Gasteiger partial charge on any atom is 0.233 e. The minimum Gasteiger partial charge on any atom is -0.379 e. The molecule has 6 heteroatoms. The van der Waals surface area contributed by atoms with Gasteiger partial charge in [0.1, 0.15) is 0 Å². The summed E-state index contributed by atoms with van der Waals surface area (Å²) in [6.07, 6.45) is 1.16. The number of aromatic nitrogens is 2. The van der Waals surface area contributed by atoms with Gasteiger partial charge < -0.3 is 15.0 Å². The first-order chi connectivity index (χ1) is 7.81. The summed E-state index contributed by atoms with van der Waals surface area (Å²) in [6.45, 7) is 3.32. The lowest BCUT2D eigenvalue weighted by molar-refractivity contribution is 0.187. The van der Waals surface area contributed by atoms with Gasteiger partial charge in [0.25, 0.3) is 0 Å². The molecule has 0 aliphatic carbocycles. The Kier molecular flexibility index (Phi) is 4.20. The molecule has 1 aliphatic rings.